The SMILES string of the molecule is CC(=O)OC1SCC2OC(C)(C)O[C@@H]21. The van der Waals surface area contributed by atoms with Crippen molar-refractivity contribution in [1.29, 1.82) is 0 Å². The van der Waals surface area contributed by atoms with E-state index in [-0.39, 0.29) is 23.6 Å². The first kappa shape index (κ1) is 10.3. The second kappa shape index (κ2) is 3.40. The number of thioether (sulfide) groups is 1. The van der Waals surface area contributed by atoms with Gasteiger partial charge in [0.2, 0.25) is 0 Å². The third-order valence-electron chi connectivity index (χ3n) is 2.20. The molecule has 0 aromatic heterocycles. The summed E-state index contributed by atoms with van der Waals surface area (Å²) in [6.45, 7) is 5.16. The number of ether oxygens (including phenoxy) is 3. The number of rotatable bonds is 1. The lowest BCUT2D eigenvalue weighted by Crippen LogP contribution is -2.30. The Morgan fingerprint density at radius 2 is 2.21 bits per heavy atom. The van der Waals surface area contributed by atoms with Gasteiger partial charge < -0.3 is 14.2 Å². The molecule has 0 aromatic rings. The van der Waals surface area contributed by atoms with Crippen LogP contribution < -0.4 is 0 Å². The van der Waals surface area contributed by atoms with Crippen LogP contribution in [0, 0.1) is 0 Å². The van der Waals surface area contributed by atoms with Crippen molar-refractivity contribution < 1.29 is 19.0 Å². The van der Waals surface area contributed by atoms with E-state index in [9.17, 15) is 4.79 Å². The highest BCUT2D eigenvalue weighted by atomic mass is 32.2. The summed E-state index contributed by atoms with van der Waals surface area (Å²) in [4.78, 5) is 10.8. The lowest BCUT2D eigenvalue weighted by molar-refractivity contribution is -0.162. The average molecular weight is 218 g/mol. The molecule has 2 fully saturated rings. The quantitative estimate of drug-likeness (QED) is 0.618. The van der Waals surface area contributed by atoms with E-state index in [1.165, 1.54) is 6.92 Å². The molecule has 5 heteroatoms. The fourth-order valence-electron chi connectivity index (χ4n) is 1.77. The van der Waals surface area contributed by atoms with Crippen LogP contribution in [0.4, 0.5) is 0 Å². The molecule has 0 saturated carbocycles. The molecule has 14 heavy (non-hydrogen) atoms. The highest BCUT2D eigenvalue weighted by Gasteiger charge is 2.51. The summed E-state index contributed by atoms with van der Waals surface area (Å²) in [7, 11) is 0. The Labute approximate surface area is 87.3 Å². The number of hydrogen-bond acceptors (Lipinski definition) is 5. The van der Waals surface area contributed by atoms with Crippen LogP contribution in [0.15, 0.2) is 0 Å². The minimum Gasteiger partial charge on any atom is -0.449 e. The maximum Gasteiger partial charge on any atom is 0.303 e. The highest BCUT2D eigenvalue weighted by Crippen LogP contribution is 2.41. The summed E-state index contributed by atoms with van der Waals surface area (Å²) in [5, 5.41) is 0. The second-order valence-corrected chi connectivity index (χ2v) is 5.08. The van der Waals surface area contributed by atoms with Crippen LogP contribution in [0.2, 0.25) is 0 Å². The van der Waals surface area contributed by atoms with Gasteiger partial charge in [-0.05, 0) is 13.8 Å². The molecule has 2 rings (SSSR count). The topological polar surface area (TPSA) is 44.8 Å². The Morgan fingerprint density at radius 1 is 1.50 bits per heavy atom. The van der Waals surface area contributed by atoms with Crippen LogP contribution >= 0.6 is 11.8 Å². The van der Waals surface area contributed by atoms with Gasteiger partial charge in [-0.3, -0.25) is 4.79 Å². The maximum atomic E-state index is 10.8. The second-order valence-electron chi connectivity index (χ2n) is 3.95. The predicted octanol–water partition coefficient (Wildman–Crippen LogP) is 1.14. The van der Waals surface area contributed by atoms with E-state index in [0.29, 0.717) is 0 Å². The van der Waals surface area contributed by atoms with Crippen LogP contribution in [-0.2, 0) is 19.0 Å². The molecule has 2 aliphatic rings. The standard InChI is InChI=1S/C9H14O4S/c1-5(10)11-8-7-6(4-14-8)12-9(2,3)13-7/h6-8H,4H2,1-3H3/t6?,7-,8?/m0/s1. The van der Waals surface area contributed by atoms with Gasteiger partial charge in [0.1, 0.15) is 12.2 Å². The molecule has 0 radical (unpaired) electrons. The highest BCUT2D eigenvalue weighted by molar-refractivity contribution is 8.00. The minimum absolute atomic E-state index is 0.0550. The van der Waals surface area contributed by atoms with Crippen molar-refractivity contribution >= 4 is 17.7 Å². The maximum absolute atomic E-state index is 10.8. The Kier molecular flexibility index (Phi) is 2.49. The zero-order chi connectivity index (χ0) is 10.3. The van der Waals surface area contributed by atoms with E-state index in [1.54, 1.807) is 11.8 Å². The third-order valence-corrected chi connectivity index (χ3v) is 3.41. The van der Waals surface area contributed by atoms with Crippen molar-refractivity contribution in [3.63, 3.8) is 0 Å². The summed E-state index contributed by atoms with van der Waals surface area (Å²) in [6.07, 6.45) is -0.0572. The zero-order valence-corrected chi connectivity index (χ0v) is 9.30. The molecule has 0 bridgehead atoms. The number of carbonyl (C=O) groups is 1. The van der Waals surface area contributed by atoms with Crippen LogP contribution in [0.1, 0.15) is 20.8 Å². The number of hydrogen-bond donors (Lipinski definition) is 0. The van der Waals surface area contributed by atoms with Gasteiger partial charge in [-0.25, -0.2) is 0 Å². The molecule has 3 atom stereocenters. The monoisotopic (exact) mass is 218 g/mol. The molecule has 0 spiro atoms. The minimum atomic E-state index is -0.547. The summed E-state index contributed by atoms with van der Waals surface area (Å²) in [5.41, 5.74) is -0.209. The Hall–Kier alpha value is -0.260. The van der Waals surface area contributed by atoms with Gasteiger partial charge in [-0.1, -0.05) is 0 Å². The molecule has 0 aliphatic carbocycles. The molecule has 2 aliphatic heterocycles. The van der Waals surface area contributed by atoms with Gasteiger partial charge in [-0.2, -0.15) is 0 Å². The molecule has 2 heterocycles. The molecule has 0 aromatic carbocycles. The van der Waals surface area contributed by atoms with E-state index in [2.05, 4.69) is 0 Å². The molecule has 0 N–H and O–H groups in total. The molecule has 2 unspecified atom stereocenters. The van der Waals surface area contributed by atoms with Crippen LogP contribution in [0.3, 0.4) is 0 Å². The van der Waals surface area contributed by atoms with E-state index in [1.807, 2.05) is 13.8 Å². The van der Waals surface area contributed by atoms with Crippen LogP contribution in [-0.4, -0.2) is 35.2 Å². The fraction of sp³-hybridized carbons (Fsp3) is 0.889. The van der Waals surface area contributed by atoms with Gasteiger partial charge in [0.25, 0.3) is 0 Å². The number of fused-ring (bicyclic) bond motifs is 1. The lowest BCUT2D eigenvalue weighted by Gasteiger charge is -2.20. The van der Waals surface area contributed by atoms with Gasteiger partial charge in [-0.15, -0.1) is 11.8 Å². The van der Waals surface area contributed by atoms with Crippen molar-refractivity contribution in [2.24, 2.45) is 0 Å². The van der Waals surface area contributed by atoms with E-state index in [0.717, 1.165) is 5.75 Å². The smallest absolute Gasteiger partial charge is 0.303 e. The Balaban J connectivity index is 2.01. The Bertz CT molecular complexity index is 253. The van der Waals surface area contributed by atoms with Crippen LogP contribution in [0.5, 0.6) is 0 Å². The zero-order valence-electron chi connectivity index (χ0n) is 8.48. The summed E-state index contributed by atoms with van der Waals surface area (Å²) < 4.78 is 16.5. The first-order chi connectivity index (χ1) is 6.48. The molecular formula is C9H14O4S. The van der Waals surface area contributed by atoms with E-state index < -0.39 is 5.79 Å². The molecule has 80 valence electrons. The fourth-order valence-corrected chi connectivity index (χ4v) is 3.03. The van der Waals surface area contributed by atoms with Crippen molar-refractivity contribution in [2.45, 2.75) is 44.2 Å². The van der Waals surface area contributed by atoms with Crippen molar-refractivity contribution in [2.75, 3.05) is 5.75 Å². The average Bonchev–Trinajstić information content (AvgIpc) is 2.47. The van der Waals surface area contributed by atoms with Crippen molar-refractivity contribution in [3.05, 3.63) is 0 Å². The summed E-state index contributed by atoms with van der Waals surface area (Å²) in [6, 6.07) is 0. The van der Waals surface area contributed by atoms with E-state index in [4.69, 9.17) is 14.2 Å². The number of carbonyl (C=O) groups excluding carboxylic acids is 1. The molecular weight excluding hydrogens is 204 g/mol. The lowest BCUT2D eigenvalue weighted by atomic mass is 10.2. The van der Waals surface area contributed by atoms with Gasteiger partial charge >= 0.3 is 5.97 Å². The first-order valence-corrected chi connectivity index (χ1v) is 5.67. The molecule has 0 amide bonds. The summed E-state index contributed by atoms with van der Waals surface area (Å²) in [5.74, 6) is 0.0114. The molecule has 4 nitrogen and oxygen atoms in total. The molecule has 2 saturated heterocycles. The predicted molar refractivity (Wildman–Crippen MR) is 51.8 cm³/mol. The van der Waals surface area contributed by atoms with E-state index >= 15 is 0 Å². The Morgan fingerprint density at radius 3 is 2.86 bits per heavy atom. The van der Waals surface area contributed by atoms with Gasteiger partial charge in [0.15, 0.2) is 11.2 Å². The third kappa shape index (κ3) is 1.89. The first-order valence-electron chi connectivity index (χ1n) is 4.62. The van der Waals surface area contributed by atoms with Crippen molar-refractivity contribution in [1.82, 2.24) is 0 Å². The van der Waals surface area contributed by atoms with Gasteiger partial charge in [0, 0.05) is 12.7 Å². The van der Waals surface area contributed by atoms with Crippen molar-refractivity contribution in [3.8, 4) is 0 Å². The largest absolute Gasteiger partial charge is 0.449 e. The summed E-state index contributed by atoms with van der Waals surface area (Å²) >= 11 is 1.57. The number of esters is 1. The normalized spacial score (nSPS) is 39.5. The van der Waals surface area contributed by atoms with Crippen LogP contribution in [0.25, 0.3) is 0 Å². The van der Waals surface area contributed by atoms with Gasteiger partial charge in [0.05, 0.1) is 0 Å².